The number of nitrogens with zero attached hydrogens (tertiary/aromatic N) is 4. The third-order valence-corrected chi connectivity index (χ3v) is 8.90. The van der Waals surface area contributed by atoms with Crippen LogP contribution in [0.4, 0.5) is 5.13 Å². The lowest BCUT2D eigenvalue weighted by atomic mass is 10.2. The highest BCUT2D eigenvalue weighted by atomic mass is 79.9. The van der Waals surface area contributed by atoms with Crippen LogP contribution in [0.3, 0.4) is 0 Å². The molecule has 0 bridgehead atoms. The van der Waals surface area contributed by atoms with E-state index in [-0.39, 0.29) is 17.3 Å². The molecule has 35 heavy (non-hydrogen) atoms. The van der Waals surface area contributed by atoms with Crippen molar-refractivity contribution in [2.24, 2.45) is 0 Å². The maximum absolute atomic E-state index is 13.6. The number of carbonyl (C=O) groups is 1. The summed E-state index contributed by atoms with van der Waals surface area (Å²) in [5.74, 6) is -0.280. The summed E-state index contributed by atoms with van der Waals surface area (Å²) in [6.07, 6.45) is 3.37. The van der Waals surface area contributed by atoms with Crippen molar-refractivity contribution in [1.29, 1.82) is 0 Å². The van der Waals surface area contributed by atoms with E-state index in [9.17, 15) is 13.2 Å². The largest absolute Gasteiger partial charge is 0.278 e. The minimum Gasteiger partial charge on any atom is -0.278 e. The standard InChI is InChI=1S/C25H25BrN4O3S2/c1-3-4-15-29(2)35(32,33)21-11-8-18(9-12-21)24(31)30(17-20-7-5-6-14-27-20)25-28-22-13-10-19(26)16-23(22)34-25/h5-14,16H,3-4,15,17H2,1-2H3. The van der Waals surface area contributed by atoms with Crippen LogP contribution in [0.5, 0.6) is 0 Å². The van der Waals surface area contributed by atoms with Gasteiger partial charge in [-0.1, -0.05) is 46.7 Å². The lowest BCUT2D eigenvalue weighted by Gasteiger charge is -2.20. The maximum atomic E-state index is 13.6. The number of sulfonamides is 1. The third-order valence-electron chi connectivity index (χ3n) is 5.50. The number of fused-ring (bicyclic) bond motifs is 1. The number of rotatable bonds is 9. The van der Waals surface area contributed by atoms with Crippen LogP contribution < -0.4 is 4.90 Å². The summed E-state index contributed by atoms with van der Waals surface area (Å²) >= 11 is 4.89. The van der Waals surface area contributed by atoms with E-state index in [0.29, 0.717) is 17.2 Å². The minimum absolute atomic E-state index is 0.161. The highest BCUT2D eigenvalue weighted by molar-refractivity contribution is 9.10. The van der Waals surface area contributed by atoms with Gasteiger partial charge in [0.2, 0.25) is 10.0 Å². The van der Waals surface area contributed by atoms with Gasteiger partial charge in [0.05, 0.1) is 27.4 Å². The van der Waals surface area contributed by atoms with Crippen LogP contribution >= 0.6 is 27.3 Å². The fourth-order valence-electron chi connectivity index (χ4n) is 3.49. The zero-order valence-corrected chi connectivity index (χ0v) is 22.6. The van der Waals surface area contributed by atoms with Gasteiger partial charge in [-0.25, -0.2) is 17.7 Å². The number of halogens is 1. The van der Waals surface area contributed by atoms with E-state index < -0.39 is 10.0 Å². The molecule has 0 saturated carbocycles. The molecule has 0 aliphatic rings. The van der Waals surface area contributed by atoms with E-state index in [1.165, 1.54) is 27.8 Å². The Labute approximate surface area is 217 Å². The average molecular weight is 574 g/mol. The van der Waals surface area contributed by atoms with E-state index in [0.717, 1.165) is 33.2 Å². The molecule has 10 heteroatoms. The average Bonchev–Trinajstić information content (AvgIpc) is 3.29. The van der Waals surface area contributed by atoms with Crippen molar-refractivity contribution < 1.29 is 13.2 Å². The highest BCUT2D eigenvalue weighted by Crippen LogP contribution is 2.32. The first-order chi connectivity index (χ1) is 16.8. The monoisotopic (exact) mass is 572 g/mol. The molecule has 4 rings (SSSR count). The molecule has 0 aliphatic carbocycles. The molecular formula is C25H25BrN4O3S2. The summed E-state index contributed by atoms with van der Waals surface area (Å²) in [4.78, 5) is 24.4. The van der Waals surface area contributed by atoms with Crippen LogP contribution in [0.1, 0.15) is 35.8 Å². The molecule has 0 atom stereocenters. The fraction of sp³-hybridized carbons (Fsp3) is 0.240. The first-order valence-electron chi connectivity index (χ1n) is 11.1. The quantitative estimate of drug-likeness (QED) is 0.256. The van der Waals surface area contributed by atoms with Crippen LogP contribution in [-0.2, 0) is 16.6 Å². The van der Waals surface area contributed by atoms with E-state index in [1.54, 1.807) is 30.3 Å². The molecule has 7 nitrogen and oxygen atoms in total. The molecule has 4 aromatic rings. The molecule has 2 aromatic heterocycles. The number of aromatic nitrogens is 2. The summed E-state index contributed by atoms with van der Waals surface area (Å²) in [5.41, 5.74) is 1.89. The van der Waals surface area contributed by atoms with Gasteiger partial charge in [-0.2, -0.15) is 0 Å². The number of hydrogen-bond acceptors (Lipinski definition) is 6. The Morgan fingerprint density at radius 3 is 2.54 bits per heavy atom. The molecule has 2 heterocycles. The number of hydrogen-bond donors (Lipinski definition) is 0. The molecule has 0 aliphatic heterocycles. The van der Waals surface area contributed by atoms with Crippen molar-refractivity contribution in [3.8, 4) is 0 Å². The van der Waals surface area contributed by atoms with E-state index in [2.05, 4.69) is 25.9 Å². The van der Waals surface area contributed by atoms with Gasteiger partial charge in [-0.15, -0.1) is 0 Å². The number of amides is 1. The van der Waals surface area contributed by atoms with Gasteiger partial charge in [0.25, 0.3) is 5.91 Å². The predicted octanol–water partition coefficient (Wildman–Crippen LogP) is 5.72. The Bertz CT molecular complexity index is 1420. The van der Waals surface area contributed by atoms with Crippen molar-refractivity contribution >= 4 is 58.5 Å². The molecule has 0 saturated heterocycles. The highest BCUT2D eigenvalue weighted by Gasteiger charge is 2.24. The van der Waals surface area contributed by atoms with Gasteiger partial charge in [0.1, 0.15) is 0 Å². The number of thiazole rings is 1. The summed E-state index contributed by atoms with van der Waals surface area (Å²) in [6.45, 7) is 2.70. The second-order valence-corrected chi connectivity index (χ2v) is 12.0. The lowest BCUT2D eigenvalue weighted by Crippen LogP contribution is -2.31. The lowest BCUT2D eigenvalue weighted by molar-refractivity contribution is 0.0984. The molecule has 0 spiro atoms. The molecule has 0 unspecified atom stereocenters. The summed E-state index contributed by atoms with van der Waals surface area (Å²) in [7, 11) is -2.04. The van der Waals surface area contributed by atoms with Gasteiger partial charge < -0.3 is 0 Å². The van der Waals surface area contributed by atoms with Gasteiger partial charge in [-0.05, 0) is 61.0 Å². The van der Waals surface area contributed by atoms with E-state index >= 15 is 0 Å². The van der Waals surface area contributed by atoms with Crippen molar-refractivity contribution in [2.75, 3.05) is 18.5 Å². The zero-order valence-electron chi connectivity index (χ0n) is 19.4. The molecule has 0 fully saturated rings. The maximum Gasteiger partial charge on any atom is 0.260 e. The Balaban J connectivity index is 1.66. The number of anilines is 1. The second kappa shape index (κ2) is 10.9. The van der Waals surface area contributed by atoms with E-state index in [1.807, 2.05) is 43.3 Å². The summed E-state index contributed by atoms with van der Waals surface area (Å²) in [6, 6.07) is 17.4. The minimum atomic E-state index is -3.61. The number of benzene rings is 2. The smallest absolute Gasteiger partial charge is 0.260 e. The van der Waals surface area contributed by atoms with Gasteiger partial charge in [0.15, 0.2) is 5.13 Å². The first kappa shape index (κ1) is 25.4. The SMILES string of the molecule is CCCCN(C)S(=O)(=O)c1ccc(C(=O)N(Cc2ccccn2)c2nc3ccc(Br)cc3s2)cc1. The molecule has 2 aromatic carbocycles. The Hall–Kier alpha value is -2.66. The van der Waals surface area contributed by atoms with Gasteiger partial charge in [0, 0.05) is 29.8 Å². The normalized spacial score (nSPS) is 11.8. The Morgan fingerprint density at radius 1 is 1.09 bits per heavy atom. The topological polar surface area (TPSA) is 83.5 Å². The summed E-state index contributed by atoms with van der Waals surface area (Å²) in [5, 5.41) is 0.546. The number of pyridine rings is 1. The van der Waals surface area contributed by atoms with Crippen molar-refractivity contribution in [2.45, 2.75) is 31.2 Å². The molecule has 1 amide bonds. The molecule has 0 radical (unpaired) electrons. The van der Waals surface area contributed by atoms with Gasteiger partial charge in [-0.3, -0.25) is 14.7 Å². The third kappa shape index (κ3) is 5.78. The number of carbonyl (C=O) groups excluding carboxylic acids is 1. The summed E-state index contributed by atoms with van der Waals surface area (Å²) < 4.78 is 28.9. The second-order valence-electron chi connectivity index (χ2n) is 8.03. The molecule has 0 N–H and O–H groups in total. The fourth-order valence-corrected chi connectivity index (χ4v) is 6.21. The van der Waals surface area contributed by atoms with E-state index in [4.69, 9.17) is 0 Å². The zero-order chi connectivity index (χ0) is 25.0. The van der Waals surface area contributed by atoms with Gasteiger partial charge >= 0.3 is 0 Å². The van der Waals surface area contributed by atoms with Crippen molar-refractivity contribution in [3.05, 3.63) is 82.6 Å². The van der Waals surface area contributed by atoms with Crippen LogP contribution in [-0.4, -0.2) is 42.2 Å². The van der Waals surface area contributed by atoms with Crippen molar-refractivity contribution in [3.63, 3.8) is 0 Å². The number of unbranched alkanes of at least 4 members (excludes halogenated alkanes) is 1. The van der Waals surface area contributed by atoms with Crippen molar-refractivity contribution in [1.82, 2.24) is 14.3 Å². The van der Waals surface area contributed by atoms with Crippen LogP contribution in [0.2, 0.25) is 0 Å². The molecule has 182 valence electrons. The first-order valence-corrected chi connectivity index (χ1v) is 14.2. The van der Waals surface area contributed by atoms with Crippen LogP contribution in [0, 0.1) is 0 Å². The Morgan fingerprint density at radius 2 is 1.86 bits per heavy atom. The molecular weight excluding hydrogens is 548 g/mol. The van der Waals surface area contributed by atoms with Crippen LogP contribution in [0.25, 0.3) is 10.2 Å². The van der Waals surface area contributed by atoms with Crippen LogP contribution in [0.15, 0.2) is 76.2 Å². The Kier molecular flexibility index (Phi) is 7.95. The predicted molar refractivity (Wildman–Crippen MR) is 143 cm³/mol.